The van der Waals surface area contributed by atoms with Gasteiger partial charge in [0.2, 0.25) is 5.95 Å². The van der Waals surface area contributed by atoms with Crippen molar-refractivity contribution in [2.24, 2.45) is 5.41 Å². The Balaban J connectivity index is 1.34. The number of nitrogens with zero attached hydrogens (tertiary/aromatic N) is 4. The van der Waals surface area contributed by atoms with Gasteiger partial charge >= 0.3 is 6.03 Å². The summed E-state index contributed by atoms with van der Waals surface area (Å²) in [5.74, 6) is 0.810. The molecule has 2 aliphatic heterocycles. The maximum Gasteiger partial charge on any atom is 0.317 e. The van der Waals surface area contributed by atoms with Crippen LogP contribution in [0.1, 0.15) is 19.3 Å². The molecular weight excluding hydrogens is 254 g/mol. The minimum absolute atomic E-state index is 0.118. The number of likely N-dealkylation sites (tertiary alicyclic amines) is 1. The van der Waals surface area contributed by atoms with E-state index >= 15 is 0 Å². The minimum atomic E-state index is 0.118. The number of aromatic nitrogens is 2. The fraction of sp³-hybridized carbons (Fsp3) is 0.643. The number of carbonyl (C=O) groups is 1. The van der Waals surface area contributed by atoms with Crippen molar-refractivity contribution in [1.29, 1.82) is 0 Å². The molecule has 0 bridgehead atoms. The Morgan fingerprint density at radius 1 is 1.25 bits per heavy atom. The smallest absolute Gasteiger partial charge is 0.317 e. The maximum absolute atomic E-state index is 11.9. The van der Waals surface area contributed by atoms with Gasteiger partial charge in [-0.15, -0.1) is 0 Å². The van der Waals surface area contributed by atoms with Gasteiger partial charge in [0.25, 0.3) is 0 Å². The molecule has 1 spiro atoms. The standard InChI is InChI=1S/C14H19N5O/c20-13(17-11-2-3-11)19-9-14(10-19)4-7-18(8-14)12-15-5-1-6-16-12/h1,5-6,11H,2-4,7-10H2,(H,17,20). The normalized spacial score (nSPS) is 23.8. The monoisotopic (exact) mass is 273 g/mol. The van der Waals surface area contributed by atoms with Gasteiger partial charge in [-0.3, -0.25) is 0 Å². The molecule has 1 aliphatic carbocycles. The summed E-state index contributed by atoms with van der Waals surface area (Å²) in [6.07, 6.45) is 6.97. The van der Waals surface area contributed by atoms with Crippen LogP contribution in [0.4, 0.5) is 10.7 Å². The van der Waals surface area contributed by atoms with Crippen LogP contribution >= 0.6 is 0 Å². The summed E-state index contributed by atoms with van der Waals surface area (Å²) in [6, 6.07) is 2.40. The number of urea groups is 1. The van der Waals surface area contributed by atoms with Gasteiger partial charge in [-0.1, -0.05) is 0 Å². The molecule has 6 nitrogen and oxygen atoms in total. The van der Waals surface area contributed by atoms with Crippen molar-refractivity contribution in [3.05, 3.63) is 18.5 Å². The first kappa shape index (κ1) is 11.9. The fourth-order valence-corrected chi connectivity index (χ4v) is 3.22. The van der Waals surface area contributed by atoms with Crippen molar-refractivity contribution in [3.8, 4) is 0 Å². The summed E-state index contributed by atoms with van der Waals surface area (Å²) < 4.78 is 0. The lowest BCUT2D eigenvalue weighted by atomic mass is 9.79. The predicted octanol–water partition coefficient (Wildman–Crippen LogP) is 0.861. The van der Waals surface area contributed by atoms with E-state index < -0.39 is 0 Å². The lowest BCUT2D eigenvalue weighted by Crippen LogP contribution is -2.62. The summed E-state index contributed by atoms with van der Waals surface area (Å²) >= 11 is 0. The molecule has 106 valence electrons. The van der Waals surface area contributed by atoms with E-state index in [1.807, 2.05) is 11.0 Å². The zero-order chi connectivity index (χ0) is 13.6. The zero-order valence-electron chi connectivity index (χ0n) is 11.5. The molecular formula is C14H19N5O. The number of nitrogens with one attached hydrogen (secondary N) is 1. The van der Waals surface area contributed by atoms with Crippen LogP contribution in [0, 0.1) is 5.41 Å². The van der Waals surface area contributed by atoms with Crippen LogP contribution in [0.5, 0.6) is 0 Å². The topological polar surface area (TPSA) is 61.4 Å². The van der Waals surface area contributed by atoms with E-state index in [0.717, 1.165) is 51.4 Å². The number of amides is 2. The lowest BCUT2D eigenvalue weighted by Gasteiger charge is -2.47. The molecule has 1 N–H and O–H groups in total. The van der Waals surface area contributed by atoms with Crippen molar-refractivity contribution in [2.75, 3.05) is 31.1 Å². The number of rotatable bonds is 2. The van der Waals surface area contributed by atoms with Gasteiger partial charge in [0.15, 0.2) is 0 Å². The largest absolute Gasteiger partial charge is 0.340 e. The first-order valence-electron chi connectivity index (χ1n) is 7.32. The van der Waals surface area contributed by atoms with E-state index in [-0.39, 0.29) is 11.4 Å². The third-order valence-corrected chi connectivity index (χ3v) is 4.52. The summed E-state index contributed by atoms with van der Waals surface area (Å²) in [5, 5.41) is 3.05. The van der Waals surface area contributed by atoms with Crippen LogP contribution in [-0.2, 0) is 0 Å². The highest BCUT2D eigenvalue weighted by Crippen LogP contribution is 2.40. The molecule has 3 aliphatic rings. The van der Waals surface area contributed by atoms with Crippen LogP contribution < -0.4 is 10.2 Å². The molecule has 0 radical (unpaired) electrons. The Morgan fingerprint density at radius 3 is 2.70 bits per heavy atom. The van der Waals surface area contributed by atoms with Gasteiger partial charge in [-0.25, -0.2) is 14.8 Å². The average molecular weight is 273 g/mol. The van der Waals surface area contributed by atoms with Gasteiger partial charge in [-0.2, -0.15) is 0 Å². The van der Waals surface area contributed by atoms with Crippen LogP contribution in [0.3, 0.4) is 0 Å². The van der Waals surface area contributed by atoms with Gasteiger partial charge in [0, 0.05) is 50.0 Å². The van der Waals surface area contributed by atoms with Crippen LogP contribution in [0.2, 0.25) is 0 Å². The first-order chi connectivity index (χ1) is 9.74. The molecule has 4 rings (SSSR count). The van der Waals surface area contributed by atoms with E-state index in [1.54, 1.807) is 12.4 Å². The summed E-state index contributed by atoms with van der Waals surface area (Å²) in [6.45, 7) is 3.69. The summed E-state index contributed by atoms with van der Waals surface area (Å²) in [5.41, 5.74) is 0.264. The molecule has 1 aromatic rings. The molecule has 3 fully saturated rings. The third kappa shape index (κ3) is 2.09. The molecule has 2 saturated heterocycles. The van der Waals surface area contributed by atoms with Crippen molar-refractivity contribution in [1.82, 2.24) is 20.2 Å². The molecule has 20 heavy (non-hydrogen) atoms. The average Bonchev–Trinajstić information content (AvgIpc) is 3.12. The fourth-order valence-electron chi connectivity index (χ4n) is 3.22. The molecule has 0 unspecified atom stereocenters. The van der Waals surface area contributed by atoms with Crippen LogP contribution in [-0.4, -0.2) is 53.1 Å². The number of anilines is 1. The van der Waals surface area contributed by atoms with Crippen molar-refractivity contribution in [3.63, 3.8) is 0 Å². The van der Waals surface area contributed by atoms with Gasteiger partial charge in [0.05, 0.1) is 0 Å². The Bertz CT molecular complexity index is 510. The number of hydrogen-bond acceptors (Lipinski definition) is 4. The highest BCUT2D eigenvalue weighted by Gasteiger charge is 2.50. The van der Waals surface area contributed by atoms with E-state index in [4.69, 9.17) is 0 Å². The summed E-state index contributed by atoms with van der Waals surface area (Å²) in [4.78, 5) is 24.7. The molecule has 1 aromatic heterocycles. The molecule has 3 heterocycles. The SMILES string of the molecule is O=C(NC1CC1)N1CC2(CCN(c3ncccn3)C2)C1. The minimum Gasteiger partial charge on any atom is -0.340 e. The zero-order valence-corrected chi connectivity index (χ0v) is 11.5. The molecule has 1 saturated carbocycles. The van der Waals surface area contributed by atoms with Crippen molar-refractivity contribution >= 4 is 12.0 Å². The Kier molecular flexibility index (Phi) is 2.58. The first-order valence-corrected chi connectivity index (χ1v) is 7.32. The van der Waals surface area contributed by atoms with Gasteiger partial charge in [0.1, 0.15) is 0 Å². The molecule has 6 heteroatoms. The third-order valence-electron chi connectivity index (χ3n) is 4.52. The lowest BCUT2D eigenvalue weighted by molar-refractivity contribution is 0.0490. The highest BCUT2D eigenvalue weighted by molar-refractivity contribution is 5.76. The Morgan fingerprint density at radius 2 is 2.00 bits per heavy atom. The Hall–Kier alpha value is -1.85. The molecule has 0 atom stereocenters. The number of carbonyl (C=O) groups excluding carboxylic acids is 1. The van der Waals surface area contributed by atoms with Gasteiger partial charge in [-0.05, 0) is 25.3 Å². The van der Waals surface area contributed by atoms with E-state index in [9.17, 15) is 4.79 Å². The van der Waals surface area contributed by atoms with E-state index in [1.165, 1.54) is 0 Å². The second-order valence-corrected chi connectivity index (χ2v) is 6.30. The van der Waals surface area contributed by atoms with Crippen molar-refractivity contribution < 1.29 is 4.79 Å². The Labute approximate surface area is 118 Å². The highest BCUT2D eigenvalue weighted by atomic mass is 16.2. The van der Waals surface area contributed by atoms with E-state index in [0.29, 0.717) is 6.04 Å². The summed E-state index contributed by atoms with van der Waals surface area (Å²) in [7, 11) is 0. The van der Waals surface area contributed by atoms with E-state index in [2.05, 4.69) is 20.2 Å². The quantitative estimate of drug-likeness (QED) is 0.868. The maximum atomic E-state index is 11.9. The van der Waals surface area contributed by atoms with Gasteiger partial charge < -0.3 is 15.1 Å². The molecule has 2 amide bonds. The van der Waals surface area contributed by atoms with Crippen LogP contribution in [0.25, 0.3) is 0 Å². The van der Waals surface area contributed by atoms with Crippen molar-refractivity contribution in [2.45, 2.75) is 25.3 Å². The second kappa shape index (κ2) is 4.33. The van der Waals surface area contributed by atoms with Crippen LogP contribution in [0.15, 0.2) is 18.5 Å². The number of hydrogen-bond donors (Lipinski definition) is 1. The predicted molar refractivity (Wildman–Crippen MR) is 74.4 cm³/mol. The molecule has 0 aromatic carbocycles. The second-order valence-electron chi connectivity index (χ2n) is 6.30.